The third-order valence-electron chi connectivity index (χ3n) is 4.89. The van der Waals surface area contributed by atoms with Crippen LogP contribution in [0.5, 0.6) is 0 Å². The van der Waals surface area contributed by atoms with Crippen LogP contribution in [0.3, 0.4) is 0 Å². The minimum absolute atomic E-state index is 0. The summed E-state index contributed by atoms with van der Waals surface area (Å²) in [5.41, 5.74) is 2.90. The van der Waals surface area contributed by atoms with Crippen LogP contribution in [0.1, 0.15) is 29.0 Å². The lowest BCUT2D eigenvalue weighted by molar-refractivity contribution is 0.0939. The van der Waals surface area contributed by atoms with Crippen molar-refractivity contribution in [2.45, 2.75) is 19.8 Å². The summed E-state index contributed by atoms with van der Waals surface area (Å²) in [5.74, 6) is 0.317. The molecule has 1 aromatic carbocycles. The third-order valence-corrected chi connectivity index (χ3v) is 4.89. The Morgan fingerprint density at radius 1 is 1.32 bits per heavy atom. The number of nitrogens with one attached hydrogen (secondary N) is 2. The van der Waals surface area contributed by atoms with Gasteiger partial charge in [0.2, 0.25) is 0 Å². The molecule has 1 unspecified atom stereocenters. The molecule has 3 aromatic rings. The summed E-state index contributed by atoms with van der Waals surface area (Å²) in [5, 5.41) is 15.7. The number of halogens is 2. The van der Waals surface area contributed by atoms with E-state index in [4.69, 9.17) is 0 Å². The zero-order valence-electron chi connectivity index (χ0n) is 15.6. The van der Waals surface area contributed by atoms with E-state index in [2.05, 4.69) is 25.9 Å². The smallest absolute Gasteiger partial charge is 0.273 e. The third kappa shape index (κ3) is 4.60. The van der Waals surface area contributed by atoms with E-state index in [0.717, 1.165) is 48.2 Å². The molecule has 3 heterocycles. The first-order valence-electron chi connectivity index (χ1n) is 8.99. The second-order valence-corrected chi connectivity index (χ2v) is 6.74. The van der Waals surface area contributed by atoms with Gasteiger partial charge in [-0.2, -0.15) is 0 Å². The Bertz CT molecular complexity index is 939. The van der Waals surface area contributed by atoms with Crippen LogP contribution in [0.4, 0.5) is 0 Å². The fourth-order valence-electron chi connectivity index (χ4n) is 3.40. The van der Waals surface area contributed by atoms with Gasteiger partial charge in [-0.25, -0.2) is 4.68 Å². The molecule has 0 radical (unpaired) electrons. The molecule has 0 bridgehead atoms. The van der Waals surface area contributed by atoms with Gasteiger partial charge in [0.15, 0.2) is 5.69 Å². The number of aromatic nitrogens is 4. The van der Waals surface area contributed by atoms with E-state index in [1.54, 1.807) is 10.9 Å². The van der Waals surface area contributed by atoms with E-state index in [1.165, 1.54) is 0 Å². The van der Waals surface area contributed by atoms with E-state index >= 15 is 0 Å². The Labute approximate surface area is 176 Å². The Hall–Kier alpha value is -2.22. The summed E-state index contributed by atoms with van der Waals surface area (Å²) in [7, 11) is 0. The number of amides is 1. The van der Waals surface area contributed by atoms with Gasteiger partial charge in [-0.05, 0) is 63.0 Å². The van der Waals surface area contributed by atoms with Crippen LogP contribution in [0.2, 0.25) is 0 Å². The first kappa shape index (κ1) is 22.1. The molecule has 1 atom stereocenters. The quantitative estimate of drug-likeness (QED) is 0.674. The SMILES string of the molecule is Cc1c(C(=O)NCC2CCCNC2)nnn1-c1ccc2ncccc2c1.Cl.Cl. The first-order valence-corrected chi connectivity index (χ1v) is 8.99. The van der Waals surface area contributed by atoms with Crippen LogP contribution >= 0.6 is 24.8 Å². The first-order chi connectivity index (χ1) is 12.7. The Morgan fingerprint density at radius 2 is 2.18 bits per heavy atom. The monoisotopic (exact) mass is 422 g/mol. The number of carbonyl (C=O) groups excluding carboxylic acids is 1. The normalized spacial score (nSPS) is 16.1. The van der Waals surface area contributed by atoms with Crippen LogP contribution in [0.15, 0.2) is 36.5 Å². The lowest BCUT2D eigenvalue weighted by Gasteiger charge is -2.22. The van der Waals surface area contributed by atoms with E-state index in [-0.39, 0.29) is 30.7 Å². The number of nitrogens with zero attached hydrogens (tertiary/aromatic N) is 4. The topological polar surface area (TPSA) is 84.7 Å². The molecule has 28 heavy (non-hydrogen) atoms. The van der Waals surface area contributed by atoms with Crippen molar-refractivity contribution in [1.29, 1.82) is 0 Å². The molecule has 4 rings (SSSR count). The lowest BCUT2D eigenvalue weighted by atomic mass is 10.00. The van der Waals surface area contributed by atoms with Gasteiger partial charge < -0.3 is 10.6 Å². The molecule has 0 spiro atoms. The minimum atomic E-state index is -0.165. The molecule has 1 fully saturated rings. The average Bonchev–Trinajstić information content (AvgIpc) is 3.08. The summed E-state index contributed by atoms with van der Waals surface area (Å²) in [6, 6.07) is 9.79. The minimum Gasteiger partial charge on any atom is -0.350 e. The van der Waals surface area contributed by atoms with E-state index in [0.29, 0.717) is 18.2 Å². The molecule has 1 aliphatic rings. The van der Waals surface area contributed by atoms with Gasteiger partial charge in [0.05, 0.1) is 16.9 Å². The number of fused-ring (bicyclic) bond motifs is 1. The molecule has 0 aliphatic carbocycles. The highest BCUT2D eigenvalue weighted by molar-refractivity contribution is 5.93. The molecule has 1 amide bonds. The van der Waals surface area contributed by atoms with E-state index < -0.39 is 0 Å². The van der Waals surface area contributed by atoms with E-state index in [9.17, 15) is 4.79 Å². The summed E-state index contributed by atoms with van der Waals surface area (Å²) in [4.78, 5) is 16.8. The molecule has 1 aliphatic heterocycles. The second kappa shape index (κ2) is 9.82. The maximum atomic E-state index is 12.5. The van der Waals surface area contributed by atoms with Crippen LogP contribution in [-0.2, 0) is 0 Å². The zero-order valence-corrected chi connectivity index (χ0v) is 17.2. The summed E-state index contributed by atoms with van der Waals surface area (Å²) >= 11 is 0. The second-order valence-electron chi connectivity index (χ2n) is 6.74. The van der Waals surface area contributed by atoms with Crippen molar-refractivity contribution < 1.29 is 4.79 Å². The fraction of sp³-hybridized carbons (Fsp3) is 0.368. The molecule has 9 heteroatoms. The molecular formula is C19H24Cl2N6O. The molecular weight excluding hydrogens is 399 g/mol. The molecule has 7 nitrogen and oxygen atoms in total. The standard InChI is InChI=1S/C19H22N6O.2ClH/c1-13-18(19(26)22-12-14-4-2-8-20-11-14)23-24-25(13)16-6-7-17-15(10-16)5-3-9-21-17;;/h3,5-7,9-10,14,20H,2,4,8,11-12H2,1H3,(H,22,26);2*1H. The van der Waals surface area contributed by atoms with Crippen molar-refractivity contribution in [3.8, 4) is 5.69 Å². The van der Waals surface area contributed by atoms with Gasteiger partial charge in [0, 0.05) is 18.1 Å². The predicted molar refractivity (Wildman–Crippen MR) is 114 cm³/mol. The number of hydrogen-bond acceptors (Lipinski definition) is 5. The largest absolute Gasteiger partial charge is 0.350 e. The van der Waals surface area contributed by atoms with Crippen LogP contribution in [0.25, 0.3) is 16.6 Å². The molecule has 1 saturated heterocycles. The van der Waals surface area contributed by atoms with E-state index in [1.807, 2.05) is 37.3 Å². The molecule has 150 valence electrons. The highest BCUT2D eigenvalue weighted by Crippen LogP contribution is 2.18. The van der Waals surface area contributed by atoms with Gasteiger partial charge in [-0.3, -0.25) is 9.78 Å². The number of carbonyl (C=O) groups is 1. The van der Waals surface area contributed by atoms with Gasteiger partial charge in [-0.15, -0.1) is 29.9 Å². The van der Waals surface area contributed by atoms with Crippen LogP contribution in [0, 0.1) is 12.8 Å². The maximum absolute atomic E-state index is 12.5. The summed E-state index contributed by atoms with van der Waals surface area (Å²) in [6.45, 7) is 4.56. The number of piperidine rings is 1. The van der Waals surface area contributed by atoms with Crippen molar-refractivity contribution in [3.63, 3.8) is 0 Å². The maximum Gasteiger partial charge on any atom is 0.273 e. The van der Waals surface area contributed by atoms with Crippen molar-refractivity contribution in [1.82, 2.24) is 30.6 Å². The van der Waals surface area contributed by atoms with Crippen LogP contribution in [-0.4, -0.2) is 45.5 Å². The van der Waals surface area contributed by atoms with Gasteiger partial charge in [0.1, 0.15) is 0 Å². The molecule has 0 saturated carbocycles. The molecule has 2 aromatic heterocycles. The zero-order chi connectivity index (χ0) is 17.9. The summed E-state index contributed by atoms with van der Waals surface area (Å²) < 4.78 is 1.70. The highest BCUT2D eigenvalue weighted by atomic mass is 35.5. The fourth-order valence-corrected chi connectivity index (χ4v) is 3.40. The Morgan fingerprint density at radius 3 is 2.96 bits per heavy atom. The average molecular weight is 423 g/mol. The predicted octanol–water partition coefficient (Wildman–Crippen LogP) is 2.70. The van der Waals surface area contributed by atoms with Crippen molar-refractivity contribution in [2.75, 3.05) is 19.6 Å². The van der Waals surface area contributed by atoms with Gasteiger partial charge >= 0.3 is 0 Å². The molecule has 2 N–H and O–H groups in total. The van der Waals surface area contributed by atoms with Crippen molar-refractivity contribution in [3.05, 3.63) is 47.9 Å². The number of pyridine rings is 1. The van der Waals surface area contributed by atoms with Gasteiger partial charge in [-0.1, -0.05) is 11.3 Å². The number of rotatable bonds is 4. The summed E-state index contributed by atoms with van der Waals surface area (Å²) in [6.07, 6.45) is 4.07. The lowest BCUT2D eigenvalue weighted by Crippen LogP contribution is -2.38. The van der Waals surface area contributed by atoms with Crippen LogP contribution < -0.4 is 10.6 Å². The van der Waals surface area contributed by atoms with Crippen molar-refractivity contribution in [2.24, 2.45) is 5.92 Å². The highest BCUT2D eigenvalue weighted by Gasteiger charge is 2.19. The van der Waals surface area contributed by atoms with Crippen molar-refractivity contribution >= 4 is 41.6 Å². The Kier molecular flexibility index (Phi) is 7.74. The van der Waals surface area contributed by atoms with Gasteiger partial charge in [0.25, 0.3) is 5.91 Å². The number of benzene rings is 1. The Balaban J connectivity index is 0.00000140. The number of hydrogen-bond donors (Lipinski definition) is 2.